The van der Waals surface area contributed by atoms with Crippen LogP contribution in [-0.4, -0.2) is 15.7 Å². The molecule has 1 amide bonds. The number of hydrogen-bond donors (Lipinski definition) is 1. The van der Waals surface area contributed by atoms with Crippen molar-refractivity contribution in [2.24, 2.45) is 0 Å². The van der Waals surface area contributed by atoms with Crippen LogP contribution in [0.3, 0.4) is 0 Å². The Labute approximate surface area is 185 Å². The third kappa shape index (κ3) is 5.16. The molecule has 158 valence electrons. The Kier molecular flexibility index (Phi) is 6.09. The van der Waals surface area contributed by atoms with Crippen LogP contribution < -0.4 is 10.1 Å². The van der Waals surface area contributed by atoms with E-state index in [1.807, 2.05) is 73.1 Å². The first-order chi connectivity index (χ1) is 15.0. The molecule has 0 bridgehead atoms. The van der Waals surface area contributed by atoms with Gasteiger partial charge in [0.15, 0.2) is 11.6 Å². The van der Waals surface area contributed by atoms with Crippen molar-refractivity contribution in [3.05, 3.63) is 100 Å². The minimum Gasteiger partial charge on any atom is -0.485 e. The van der Waals surface area contributed by atoms with Gasteiger partial charge in [0.1, 0.15) is 18.1 Å². The SMILES string of the molecule is Cc1ccccc1OCc1ccc(C(=O)Nc2cc(C)n(Cc3ccc(Cl)cc3)n2)o1. The number of hydrogen-bond acceptors (Lipinski definition) is 4. The largest absolute Gasteiger partial charge is 0.485 e. The number of nitrogens with zero attached hydrogens (tertiary/aromatic N) is 2. The van der Waals surface area contributed by atoms with E-state index in [4.69, 9.17) is 20.8 Å². The standard InChI is InChI=1S/C24H22ClN3O3/c1-16-5-3-4-6-21(16)30-15-20-11-12-22(31-20)24(29)26-23-13-17(2)28(27-23)14-18-7-9-19(25)10-8-18/h3-13H,14-15H2,1-2H3,(H,26,27,29). The van der Waals surface area contributed by atoms with Crippen LogP contribution in [0.5, 0.6) is 5.75 Å². The second kappa shape index (κ2) is 9.10. The number of rotatable bonds is 7. The highest BCUT2D eigenvalue weighted by Crippen LogP contribution is 2.19. The molecule has 0 saturated carbocycles. The van der Waals surface area contributed by atoms with E-state index in [-0.39, 0.29) is 18.3 Å². The van der Waals surface area contributed by atoms with E-state index in [2.05, 4.69) is 10.4 Å². The molecule has 6 nitrogen and oxygen atoms in total. The minimum atomic E-state index is -0.363. The van der Waals surface area contributed by atoms with E-state index in [1.165, 1.54) is 0 Å². The van der Waals surface area contributed by atoms with Crippen LogP contribution in [0.4, 0.5) is 5.82 Å². The van der Waals surface area contributed by atoms with Gasteiger partial charge in [0.25, 0.3) is 5.91 Å². The number of aryl methyl sites for hydroxylation is 2. The van der Waals surface area contributed by atoms with E-state index < -0.39 is 0 Å². The minimum absolute atomic E-state index is 0.202. The summed E-state index contributed by atoms with van der Waals surface area (Å²) in [6.07, 6.45) is 0. The van der Waals surface area contributed by atoms with Gasteiger partial charge < -0.3 is 14.5 Å². The second-order valence-electron chi connectivity index (χ2n) is 7.23. The number of ether oxygens (including phenoxy) is 1. The fourth-order valence-corrected chi connectivity index (χ4v) is 3.24. The van der Waals surface area contributed by atoms with Crippen LogP contribution in [0.15, 0.2) is 71.1 Å². The molecular weight excluding hydrogens is 414 g/mol. The Morgan fingerprint density at radius 3 is 2.65 bits per heavy atom. The van der Waals surface area contributed by atoms with Gasteiger partial charge in [-0.25, -0.2) is 0 Å². The summed E-state index contributed by atoms with van der Waals surface area (Å²) in [4.78, 5) is 12.6. The average molecular weight is 436 g/mol. The fourth-order valence-electron chi connectivity index (χ4n) is 3.12. The summed E-state index contributed by atoms with van der Waals surface area (Å²) in [6.45, 7) is 4.74. The summed E-state index contributed by atoms with van der Waals surface area (Å²) in [5, 5.41) is 7.95. The normalized spacial score (nSPS) is 10.8. The van der Waals surface area contributed by atoms with Gasteiger partial charge in [-0.15, -0.1) is 0 Å². The number of furan rings is 1. The van der Waals surface area contributed by atoms with E-state index in [0.29, 0.717) is 23.1 Å². The van der Waals surface area contributed by atoms with E-state index in [0.717, 1.165) is 22.6 Å². The van der Waals surface area contributed by atoms with Crippen molar-refractivity contribution in [1.82, 2.24) is 9.78 Å². The lowest BCUT2D eigenvalue weighted by Gasteiger charge is -2.06. The number of nitrogens with one attached hydrogen (secondary N) is 1. The van der Waals surface area contributed by atoms with Gasteiger partial charge in [-0.3, -0.25) is 9.48 Å². The molecule has 0 saturated heterocycles. The molecule has 0 atom stereocenters. The predicted molar refractivity (Wildman–Crippen MR) is 120 cm³/mol. The summed E-state index contributed by atoms with van der Waals surface area (Å²) in [5.41, 5.74) is 3.03. The highest BCUT2D eigenvalue weighted by molar-refractivity contribution is 6.30. The highest BCUT2D eigenvalue weighted by atomic mass is 35.5. The third-order valence-electron chi connectivity index (χ3n) is 4.82. The number of benzene rings is 2. The zero-order valence-corrected chi connectivity index (χ0v) is 18.0. The summed E-state index contributed by atoms with van der Waals surface area (Å²) in [7, 11) is 0. The molecule has 0 radical (unpaired) electrons. The topological polar surface area (TPSA) is 69.3 Å². The monoisotopic (exact) mass is 435 g/mol. The maximum absolute atomic E-state index is 12.6. The molecule has 2 aromatic heterocycles. The molecule has 2 aromatic carbocycles. The number of aromatic nitrogens is 2. The highest BCUT2D eigenvalue weighted by Gasteiger charge is 2.14. The quantitative estimate of drug-likeness (QED) is 0.408. The molecule has 1 N–H and O–H groups in total. The molecule has 4 rings (SSSR count). The molecule has 0 unspecified atom stereocenters. The molecule has 31 heavy (non-hydrogen) atoms. The zero-order valence-electron chi connectivity index (χ0n) is 17.3. The van der Waals surface area contributed by atoms with Crippen LogP contribution in [0.2, 0.25) is 5.02 Å². The number of para-hydroxylation sites is 1. The molecule has 4 aromatic rings. The number of anilines is 1. The zero-order chi connectivity index (χ0) is 21.8. The smallest absolute Gasteiger partial charge is 0.292 e. The second-order valence-corrected chi connectivity index (χ2v) is 7.67. The Hall–Kier alpha value is -3.51. The van der Waals surface area contributed by atoms with E-state index in [1.54, 1.807) is 12.1 Å². The van der Waals surface area contributed by atoms with Gasteiger partial charge in [-0.2, -0.15) is 5.10 Å². The van der Waals surface area contributed by atoms with Gasteiger partial charge in [0.05, 0.1) is 6.54 Å². The van der Waals surface area contributed by atoms with Crippen molar-refractivity contribution in [3.8, 4) is 5.75 Å². The first-order valence-electron chi connectivity index (χ1n) is 9.85. The summed E-state index contributed by atoms with van der Waals surface area (Å²) in [5.74, 6) is 1.65. The Morgan fingerprint density at radius 2 is 1.87 bits per heavy atom. The van der Waals surface area contributed by atoms with Crippen molar-refractivity contribution >= 4 is 23.3 Å². The van der Waals surface area contributed by atoms with Gasteiger partial charge in [0, 0.05) is 16.8 Å². The molecule has 0 aliphatic heterocycles. The Bertz CT molecular complexity index is 1200. The van der Waals surface area contributed by atoms with Crippen molar-refractivity contribution in [3.63, 3.8) is 0 Å². The fraction of sp³-hybridized carbons (Fsp3) is 0.167. The van der Waals surface area contributed by atoms with Crippen LogP contribution in [-0.2, 0) is 13.2 Å². The number of carbonyl (C=O) groups excluding carboxylic acids is 1. The lowest BCUT2D eigenvalue weighted by atomic mass is 10.2. The summed E-state index contributed by atoms with van der Waals surface area (Å²) >= 11 is 5.94. The maximum Gasteiger partial charge on any atom is 0.292 e. The summed E-state index contributed by atoms with van der Waals surface area (Å²) < 4.78 is 13.2. The lowest BCUT2D eigenvalue weighted by Crippen LogP contribution is -2.12. The average Bonchev–Trinajstić information content (AvgIpc) is 3.36. The van der Waals surface area contributed by atoms with Crippen LogP contribution in [0, 0.1) is 13.8 Å². The van der Waals surface area contributed by atoms with Crippen molar-refractivity contribution in [1.29, 1.82) is 0 Å². The number of halogens is 1. The van der Waals surface area contributed by atoms with Crippen molar-refractivity contribution in [2.45, 2.75) is 27.0 Å². The molecular formula is C24H22ClN3O3. The van der Waals surface area contributed by atoms with Gasteiger partial charge in [-0.1, -0.05) is 41.9 Å². The first kappa shape index (κ1) is 20.8. The predicted octanol–water partition coefficient (Wildman–Crippen LogP) is 5.63. The molecule has 0 aliphatic rings. The van der Waals surface area contributed by atoms with Gasteiger partial charge >= 0.3 is 0 Å². The molecule has 2 heterocycles. The molecule has 0 aliphatic carbocycles. The van der Waals surface area contributed by atoms with Crippen molar-refractivity contribution in [2.75, 3.05) is 5.32 Å². The molecule has 0 fully saturated rings. The first-order valence-corrected chi connectivity index (χ1v) is 10.2. The maximum atomic E-state index is 12.6. The van der Waals surface area contributed by atoms with Crippen molar-refractivity contribution < 1.29 is 13.9 Å². The lowest BCUT2D eigenvalue weighted by molar-refractivity contribution is 0.0992. The third-order valence-corrected chi connectivity index (χ3v) is 5.07. The molecule has 0 spiro atoms. The van der Waals surface area contributed by atoms with E-state index in [9.17, 15) is 4.79 Å². The summed E-state index contributed by atoms with van der Waals surface area (Å²) in [6, 6.07) is 20.5. The van der Waals surface area contributed by atoms with Gasteiger partial charge in [-0.05, 0) is 55.3 Å². The van der Waals surface area contributed by atoms with Crippen LogP contribution in [0.25, 0.3) is 0 Å². The Morgan fingerprint density at radius 1 is 1.10 bits per heavy atom. The molecule has 7 heteroatoms. The van der Waals surface area contributed by atoms with Crippen LogP contribution >= 0.6 is 11.6 Å². The number of amides is 1. The number of carbonyl (C=O) groups is 1. The van der Waals surface area contributed by atoms with Gasteiger partial charge in [0.2, 0.25) is 0 Å². The van der Waals surface area contributed by atoms with Crippen LogP contribution in [0.1, 0.15) is 33.1 Å². The Balaban J connectivity index is 1.37. The van der Waals surface area contributed by atoms with E-state index >= 15 is 0 Å².